The second kappa shape index (κ2) is 3.90. The Kier molecular flexibility index (Phi) is 2.86. The second-order valence-electron chi connectivity index (χ2n) is 2.75. The second-order valence-corrected chi connectivity index (χ2v) is 2.75. The number of anilines is 3. The average molecular weight is 182 g/mol. The third-order valence-electron chi connectivity index (χ3n) is 1.34. The van der Waals surface area contributed by atoms with E-state index in [4.69, 9.17) is 5.73 Å². The molecule has 0 fully saturated rings. The van der Waals surface area contributed by atoms with E-state index in [-0.39, 0.29) is 5.95 Å². The zero-order chi connectivity index (χ0) is 9.84. The van der Waals surface area contributed by atoms with Gasteiger partial charge in [-0.15, -0.1) is 0 Å². The first-order chi connectivity index (χ1) is 6.11. The summed E-state index contributed by atoms with van der Waals surface area (Å²) in [6, 6.07) is 1.77. The normalized spacial score (nSPS) is 10.2. The van der Waals surface area contributed by atoms with Crippen molar-refractivity contribution in [2.45, 2.75) is 0 Å². The molecule has 0 aliphatic carbocycles. The van der Waals surface area contributed by atoms with Gasteiger partial charge in [-0.25, -0.2) is 5.01 Å². The molecule has 0 aromatic carbocycles. The largest absolute Gasteiger partial charge is 0.373 e. The molecule has 1 aromatic rings. The van der Waals surface area contributed by atoms with Crippen LogP contribution >= 0.6 is 0 Å². The fourth-order valence-corrected chi connectivity index (χ4v) is 0.880. The Balaban J connectivity index is 2.88. The van der Waals surface area contributed by atoms with E-state index in [1.165, 1.54) is 0 Å². The minimum Gasteiger partial charge on any atom is -0.373 e. The first kappa shape index (κ1) is 9.53. The smallest absolute Gasteiger partial charge is 0.223 e. The summed E-state index contributed by atoms with van der Waals surface area (Å²) >= 11 is 0. The van der Waals surface area contributed by atoms with Gasteiger partial charge in [0, 0.05) is 27.2 Å². The summed E-state index contributed by atoms with van der Waals surface area (Å²) in [5, 5.41) is 4.67. The predicted molar refractivity (Wildman–Crippen MR) is 53.3 cm³/mol. The molecular formula is C7H14N6. The van der Waals surface area contributed by atoms with Crippen LogP contribution in [0, 0.1) is 0 Å². The fraction of sp³-hybridized carbons (Fsp3) is 0.429. The zero-order valence-electron chi connectivity index (χ0n) is 8.00. The van der Waals surface area contributed by atoms with Crippen LogP contribution in [0.2, 0.25) is 0 Å². The number of hydrogen-bond acceptors (Lipinski definition) is 6. The van der Waals surface area contributed by atoms with Crippen LogP contribution in [-0.4, -0.2) is 36.1 Å². The lowest BCUT2D eigenvalue weighted by Crippen LogP contribution is -2.21. The predicted octanol–water partition coefficient (Wildman–Crippen LogP) is -0.0110. The molecule has 0 spiro atoms. The molecule has 6 heteroatoms. The molecule has 72 valence electrons. The highest BCUT2D eigenvalue weighted by atomic mass is 15.5. The summed E-state index contributed by atoms with van der Waals surface area (Å²) in [5.41, 5.74) is 8.47. The van der Waals surface area contributed by atoms with Gasteiger partial charge in [-0.1, -0.05) is 0 Å². The molecule has 0 amide bonds. The van der Waals surface area contributed by atoms with Crippen LogP contribution in [0.3, 0.4) is 0 Å². The molecule has 0 atom stereocenters. The molecule has 0 radical (unpaired) electrons. The summed E-state index contributed by atoms with van der Waals surface area (Å²) in [5.74, 6) is 1.61. The van der Waals surface area contributed by atoms with E-state index < -0.39 is 0 Å². The van der Waals surface area contributed by atoms with E-state index in [0.717, 1.165) is 0 Å². The summed E-state index contributed by atoms with van der Waals surface area (Å²) in [6.07, 6.45) is 0. The molecule has 4 N–H and O–H groups in total. The van der Waals surface area contributed by atoms with Crippen molar-refractivity contribution in [1.82, 2.24) is 15.0 Å². The first-order valence-corrected chi connectivity index (χ1v) is 3.88. The van der Waals surface area contributed by atoms with Crippen molar-refractivity contribution in [3.8, 4) is 0 Å². The Morgan fingerprint density at radius 3 is 2.46 bits per heavy atom. The van der Waals surface area contributed by atoms with Crippen molar-refractivity contribution in [2.75, 3.05) is 37.6 Å². The van der Waals surface area contributed by atoms with E-state index in [9.17, 15) is 0 Å². The maximum atomic E-state index is 5.49. The van der Waals surface area contributed by atoms with E-state index in [2.05, 4.69) is 20.7 Å². The molecule has 0 bridgehead atoms. The average Bonchev–Trinajstić information content (AvgIpc) is 2.01. The molecule has 0 saturated heterocycles. The van der Waals surface area contributed by atoms with E-state index in [0.29, 0.717) is 11.6 Å². The standard InChI is InChI=1S/C7H14N6/c1-9-5-4-6(12-13(2)3)11-7(8)10-5/h4H,1-3H3,(H4,8,9,10,11,12). The summed E-state index contributed by atoms with van der Waals surface area (Å²) in [6.45, 7) is 0. The zero-order valence-corrected chi connectivity index (χ0v) is 8.00. The minimum atomic E-state index is 0.246. The molecule has 0 saturated carbocycles. The number of hydrazine groups is 1. The number of nitrogens with zero attached hydrogens (tertiary/aromatic N) is 3. The third kappa shape index (κ3) is 2.75. The topological polar surface area (TPSA) is 79.1 Å². The number of nitrogens with two attached hydrogens (primary N) is 1. The molecule has 0 unspecified atom stereocenters. The number of aromatic nitrogens is 2. The lowest BCUT2D eigenvalue weighted by Gasteiger charge is -2.13. The first-order valence-electron chi connectivity index (χ1n) is 3.88. The maximum absolute atomic E-state index is 5.49. The SMILES string of the molecule is CNc1cc(NN(C)C)nc(N)n1. The van der Waals surface area contributed by atoms with Crippen molar-refractivity contribution in [1.29, 1.82) is 0 Å². The highest BCUT2D eigenvalue weighted by Crippen LogP contribution is 2.11. The van der Waals surface area contributed by atoms with Gasteiger partial charge >= 0.3 is 0 Å². The van der Waals surface area contributed by atoms with Gasteiger partial charge in [0.1, 0.15) is 11.6 Å². The Bertz CT molecular complexity index is 284. The van der Waals surface area contributed by atoms with Crippen LogP contribution in [-0.2, 0) is 0 Å². The van der Waals surface area contributed by atoms with Crippen LogP contribution in [0.25, 0.3) is 0 Å². The molecule has 0 aliphatic heterocycles. The third-order valence-corrected chi connectivity index (χ3v) is 1.34. The van der Waals surface area contributed by atoms with Crippen LogP contribution in [0.15, 0.2) is 6.07 Å². The lowest BCUT2D eigenvalue weighted by atomic mass is 10.5. The quantitative estimate of drug-likeness (QED) is 0.570. The highest BCUT2D eigenvalue weighted by Gasteiger charge is 2.00. The number of hydrogen-bond donors (Lipinski definition) is 3. The Labute approximate surface area is 77.1 Å². The molecular weight excluding hydrogens is 168 g/mol. The Morgan fingerprint density at radius 2 is 1.92 bits per heavy atom. The van der Waals surface area contributed by atoms with Gasteiger partial charge in [-0.3, -0.25) is 0 Å². The summed E-state index contributed by atoms with van der Waals surface area (Å²) < 4.78 is 0. The van der Waals surface area contributed by atoms with Crippen molar-refractivity contribution in [2.24, 2.45) is 0 Å². The van der Waals surface area contributed by atoms with Gasteiger partial charge in [-0.2, -0.15) is 9.97 Å². The lowest BCUT2D eigenvalue weighted by molar-refractivity contribution is 0.492. The van der Waals surface area contributed by atoms with Crippen molar-refractivity contribution >= 4 is 17.6 Å². The van der Waals surface area contributed by atoms with Gasteiger partial charge in [0.15, 0.2) is 0 Å². The van der Waals surface area contributed by atoms with Gasteiger partial charge < -0.3 is 16.5 Å². The van der Waals surface area contributed by atoms with Crippen molar-refractivity contribution < 1.29 is 0 Å². The molecule has 0 aliphatic rings. The van der Waals surface area contributed by atoms with Crippen molar-refractivity contribution in [3.63, 3.8) is 0 Å². The van der Waals surface area contributed by atoms with Gasteiger partial charge in [-0.05, 0) is 0 Å². The number of rotatable bonds is 3. The van der Waals surface area contributed by atoms with Crippen LogP contribution in [0.4, 0.5) is 17.6 Å². The maximum Gasteiger partial charge on any atom is 0.223 e. The Hall–Kier alpha value is -1.56. The molecule has 6 nitrogen and oxygen atoms in total. The van der Waals surface area contributed by atoms with Crippen LogP contribution < -0.4 is 16.5 Å². The molecule has 13 heavy (non-hydrogen) atoms. The summed E-state index contributed by atoms with van der Waals surface area (Å²) in [7, 11) is 5.52. The molecule has 1 aromatic heterocycles. The van der Waals surface area contributed by atoms with E-state index in [1.807, 2.05) is 14.1 Å². The summed E-state index contributed by atoms with van der Waals surface area (Å²) in [4.78, 5) is 7.95. The van der Waals surface area contributed by atoms with Gasteiger partial charge in [0.2, 0.25) is 5.95 Å². The van der Waals surface area contributed by atoms with Gasteiger partial charge in [0.05, 0.1) is 0 Å². The number of nitrogen functional groups attached to an aromatic ring is 1. The van der Waals surface area contributed by atoms with E-state index >= 15 is 0 Å². The van der Waals surface area contributed by atoms with Crippen LogP contribution in [0.5, 0.6) is 0 Å². The molecule has 1 heterocycles. The monoisotopic (exact) mass is 182 g/mol. The minimum absolute atomic E-state index is 0.246. The van der Waals surface area contributed by atoms with Gasteiger partial charge in [0.25, 0.3) is 0 Å². The fourth-order valence-electron chi connectivity index (χ4n) is 0.880. The highest BCUT2D eigenvalue weighted by molar-refractivity contribution is 5.50. The Morgan fingerprint density at radius 1 is 1.31 bits per heavy atom. The van der Waals surface area contributed by atoms with Crippen molar-refractivity contribution in [3.05, 3.63) is 6.07 Å². The molecule has 1 rings (SSSR count). The van der Waals surface area contributed by atoms with Crippen LogP contribution in [0.1, 0.15) is 0 Å². The number of nitrogens with one attached hydrogen (secondary N) is 2. The van der Waals surface area contributed by atoms with E-state index in [1.54, 1.807) is 18.1 Å².